The molecular formula is C17H21NO5. The van der Waals surface area contributed by atoms with Gasteiger partial charge in [-0.3, -0.25) is 4.90 Å². The molecule has 2 bridgehead atoms. The molecule has 0 aromatic heterocycles. The van der Waals surface area contributed by atoms with Crippen LogP contribution >= 0.6 is 0 Å². The van der Waals surface area contributed by atoms with Crippen LogP contribution in [0.5, 0.6) is 0 Å². The van der Waals surface area contributed by atoms with Gasteiger partial charge in [0.1, 0.15) is 17.8 Å². The fourth-order valence-corrected chi connectivity index (χ4v) is 5.53. The Balaban J connectivity index is 1.83. The highest BCUT2D eigenvalue weighted by Gasteiger charge is 2.73. The van der Waals surface area contributed by atoms with Crippen molar-refractivity contribution in [2.24, 2.45) is 5.41 Å². The molecule has 3 aliphatic carbocycles. The second-order valence-electron chi connectivity index (χ2n) is 7.59. The number of likely N-dealkylation sites (tertiary alicyclic amines) is 1. The van der Waals surface area contributed by atoms with E-state index in [1.807, 2.05) is 13.1 Å². The van der Waals surface area contributed by atoms with Crippen molar-refractivity contribution >= 4 is 0 Å². The van der Waals surface area contributed by atoms with Crippen molar-refractivity contribution in [2.75, 3.05) is 13.6 Å². The zero-order valence-corrected chi connectivity index (χ0v) is 12.9. The maximum atomic E-state index is 11.6. The fraction of sp³-hybridized carbons (Fsp3) is 0.647. The van der Waals surface area contributed by atoms with Crippen LogP contribution in [0.25, 0.3) is 0 Å². The largest absolute Gasteiger partial charge is 0.485 e. The number of piperidine rings is 1. The SMILES string of the molecule is CN1CC[C@]23C4=C5O[C@H]2[C@@H](O)C=C[C@@]3(O)[C@H]1CC4=CCC5(O)O. The molecule has 5 atom stereocenters. The van der Waals surface area contributed by atoms with Crippen LogP contribution in [0.15, 0.2) is 35.1 Å². The predicted molar refractivity (Wildman–Crippen MR) is 79.9 cm³/mol. The molecule has 0 aromatic rings. The molecule has 0 amide bonds. The van der Waals surface area contributed by atoms with Crippen molar-refractivity contribution in [2.45, 2.75) is 48.9 Å². The highest BCUT2D eigenvalue weighted by atomic mass is 16.6. The van der Waals surface area contributed by atoms with Crippen LogP contribution in [0.3, 0.4) is 0 Å². The van der Waals surface area contributed by atoms with Crippen molar-refractivity contribution in [3.8, 4) is 0 Å². The molecular weight excluding hydrogens is 298 g/mol. The second-order valence-corrected chi connectivity index (χ2v) is 7.59. The van der Waals surface area contributed by atoms with E-state index in [0.29, 0.717) is 18.4 Å². The van der Waals surface area contributed by atoms with Crippen LogP contribution in [0.1, 0.15) is 19.3 Å². The Morgan fingerprint density at radius 2 is 2.09 bits per heavy atom. The molecule has 0 radical (unpaired) electrons. The molecule has 0 aromatic carbocycles. The molecule has 1 spiro atoms. The Kier molecular flexibility index (Phi) is 2.40. The molecule has 1 saturated heterocycles. The van der Waals surface area contributed by atoms with E-state index in [4.69, 9.17) is 4.74 Å². The van der Waals surface area contributed by atoms with Gasteiger partial charge in [0, 0.05) is 18.0 Å². The minimum atomic E-state index is -2.07. The number of likely N-dealkylation sites (N-methyl/N-ethyl adjacent to an activating group) is 1. The first kappa shape index (κ1) is 14.2. The molecule has 2 aliphatic heterocycles. The number of aliphatic hydroxyl groups is 4. The lowest BCUT2D eigenvalue weighted by atomic mass is 9.48. The lowest BCUT2D eigenvalue weighted by Gasteiger charge is -2.62. The molecule has 4 N–H and O–H groups in total. The van der Waals surface area contributed by atoms with Gasteiger partial charge in [0.15, 0.2) is 5.76 Å². The molecule has 6 nitrogen and oxygen atoms in total. The van der Waals surface area contributed by atoms with E-state index in [1.165, 1.54) is 0 Å². The van der Waals surface area contributed by atoms with Crippen molar-refractivity contribution in [3.05, 3.63) is 35.1 Å². The van der Waals surface area contributed by atoms with Gasteiger partial charge in [-0.15, -0.1) is 0 Å². The smallest absolute Gasteiger partial charge is 0.226 e. The van der Waals surface area contributed by atoms with Gasteiger partial charge in [-0.25, -0.2) is 0 Å². The summed E-state index contributed by atoms with van der Waals surface area (Å²) in [6.07, 6.45) is 4.90. The maximum Gasteiger partial charge on any atom is 0.226 e. The zero-order valence-electron chi connectivity index (χ0n) is 12.9. The van der Waals surface area contributed by atoms with Gasteiger partial charge < -0.3 is 25.2 Å². The third kappa shape index (κ3) is 1.35. The minimum Gasteiger partial charge on any atom is -0.485 e. The molecule has 0 unspecified atom stereocenters. The molecule has 23 heavy (non-hydrogen) atoms. The van der Waals surface area contributed by atoms with E-state index < -0.39 is 29.0 Å². The number of nitrogens with zero attached hydrogens (tertiary/aromatic N) is 1. The third-order valence-electron chi connectivity index (χ3n) is 6.61. The summed E-state index contributed by atoms with van der Waals surface area (Å²) >= 11 is 0. The lowest BCUT2D eigenvalue weighted by Crippen LogP contribution is -2.73. The zero-order chi connectivity index (χ0) is 16.2. The van der Waals surface area contributed by atoms with Crippen LogP contribution < -0.4 is 0 Å². The molecule has 5 rings (SSSR count). The van der Waals surface area contributed by atoms with E-state index in [0.717, 1.165) is 12.1 Å². The summed E-state index contributed by atoms with van der Waals surface area (Å²) in [4.78, 5) is 2.15. The van der Waals surface area contributed by atoms with E-state index in [-0.39, 0.29) is 18.2 Å². The molecule has 6 heteroatoms. The monoisotopic (exact) mass is 319 g/mol. The van der Waals surface area contributed by atoms with Gasteiger partial charge in [-0.05, 0) is 32.0 Å². The summed E-state index contributed by atoms with van der Waals surface area (Å²) in [5.74, 6) is -1.94. The van der Waals surface area contributed by atoms with Gasteiger partial charge >= 0.3 is 0 Å². The normalized spacial score (nSPS) is 49.6. The molecule has 124 valence electrons. The Bertz CT molecular complexity index is 695. The number of ether oxygens (including phenoxy) is 1. The summed E-state index contributed by atoms with van der Waals surface area (Å²) in [6.45, 7) is 0.765. The van der Waals surface area contributed by atoms with Crippen LogP contribution in [0.2, 0.25) is 0 Å². The Morgan fingerprint density at radius 3 is 2.87 bits per heavy atom. The number of hydrogen-bond donors (Lipinski definition) is 4. The first-order valence-corrected chi connectivity index (χ1v) is 8.17. The Hall–Kier alpha value is -1.18. The van der Waals surface area contributed by atoms with Crippen molar-refractivity contribution in [1.82, 2.24) is 4.90 Å². The van der Waals surface area contributed by atoms with Gasteiger partial charge in [0.2, 0.25) is 5.79 Å². The van der Waals surface area contributed by atoms with Crippen molar-refractivity contribution < 1.29 is 25.2 Å². The van der Waals surface area contributed by atoms with Crippen LogP contribution in [-0.2, 0) is 4.74 Å². The van der Waals surface area contributed by atoms with Gasteiger partial charge in [-0.1, -0.05) is 18.2 Å². The molecule has 5 aliphatic rings. The third-order valence-corrected chi connectivity index (χ3v) is 6.61. The minimum absolute atomic E-state index is 0.0718. The topological polar surface area (TPSA) is 93.4 Å². The van der Waals surface area contributed by atoms with Crippen LogP contribution in [0, 0.1) is 5.41 Å². The summed E-state index contributed by atoms with van der Waals surface area (Å²) in [6, 6.07) is -0.106. The predicted octanol–water partition coefficient (Wildman–Crippen LogP) is -0.594. The average molecular weight is 319 g/mol. The maximum absolute atomic E-state index is 11.6. The van der Waals surface area contributed by atoms with Crippen molar-refractivity contribution in [1.29, 1.82) is 0 Å². The number of rotatable bonds is 0. The van der Waals surface area contributed by atoms with Gasteiger partial charge in [-0.2, -0.15) is 0 Å². The van der Waals surface area contributed by atoms with E-state index in [9.17, 15) is 20.4 Å². The first-order valence-electron chi connectivity index (χ1n) is 8.17. The second kappa shape index (κ2) is 3.90. The molecule has 2 heterocycles. The summed E-state index contributed by atoms with van der Waals surface area (Å²) in [7, 11) is 2.00. The van der Waals surface area contributed by atoms with Gasteiger partial charge in [0.05, 0.1) is 5.41 Å². The summed E-state index contributed by atoms with van der Waals surface area (Å²) in [5.41, 5.74) is -0.250. The van der Waals surface area contributed by atoms with Crippen LogP contribution in [0.4, 0.5) is 0 Å². The average Bonchev–Trinajstić information content (AvgIpc) is 2.85. The van der Waals surface area contributed by atoms with Crippen molar-refractivity contribution in [3.63, 3.8) is 0 Å². The fourth-order valence-electron chi connectivity index (χ4n) is 5.53. The van der Waals surface area contributed by atoms with E-state index in [2.05, 4.69) is 4.90 Å². The molecule has 1 saturated carbocycles. The van der Waals surface area contributed by atoms with Crippen LogP contribution in [-0.4, -0.2) is 68.6 Å². The lowest BCUT2D eigenvalue weighted by molar-refractivity contribution is -0.196. The summed E-state index contributed by atoms with van der Waals surface area (Å²) in [5, 5.41) is 42.8. The highest BCUT2D eigenvalue weighted by molar-refractivity contribution is 5.57. The Morgan fingerprint density at radius 1 is 1.30 bits per heavy atom. The molecule has 2 fully saturated rings. The number of aliphatic hydroxyl groups excluding tert-OH is 1. The van der Waals surface area contributed by atoms with E-state index >= 15 is 0 Å². The summed E-state index contributed by atoms with van der Waals surface area (Å²) < 4.78 is 5.91. The first-order chi connectivity index (χ1) is 10.8. The van der Waals surface area contributed by atoms with Gasteiger partial charge in [0.25, 0.3) is 0 Å². The highest BCUT2D eigenvalue weighted by Crippen LogP contribution is 2.67. The Labute approximate surface area is 134 Å². The standard InChI is InChI=1S/C17H21NO5/c1-18-7-6-15-12-9-2-5-17(21,22)14(12)23-13(15)10(19)3-4-16(15,20)11(18)8-9/h2-4,10-11,13,19-22H,5-8H2,1H3/t10-,11+,13-,15-,16+/m0/s1. The van der Waals surface area contributed by atoms with E-state index in [1.54, 1.807) is 12.2 Å². The quantitative estimate of drug-likeness (QED) is 0.352. The number of hydrogen-bond acceptors (Lipinski definition) is 6.